The molecule has 0 aliphatic carbocycles. The summed E-state index contributed by atoms with van der Waals surface area (Å²) in [6, 6.07) is 29.1. The van der Waals surface area contributed by atoms with Gasteiger partial charge in [0.25, 0.3) is 10.0 Å². The third kappa shape index (κ3) is 8.53. The van der Waals surface area contributed by atoms with Crippen molar-refractivity contribution in [3.05, 3.63) is 130 Å². The molecule has 2 atom stereocenters. The first-order chi connectivity index (χ1) is 21.5. The van der Waals surface area contributed by atoms with E-state index in [1.54, 1.807) is 67.6 Å². The molecule has 45 heavy (non-hydrogen) atoms. The van der Waals surface area contributed by atoms with E-state index in [0.717, 1.165) is 15.4 Å². The molecule has 9 heteroatoms. The number of hydrogen-bond acceptors (Lipinski definition) is 4. The van der Waals surface area contributed by atoms with Gasteiger partial charge in [-0.05, 0) is 68.1 Å². The van der Waals surface area contributed by atoms with Gasteiger partial charge in [0, 0.05) is 24.0 Å². The Bertz CT molecular complexity index is 1710. The number of carbonyl (C=O) groups excluding carboxylic acids is 2. The number of rotatable bonds is 13. The van der Waals surface area contributed by atoms with Crippen LogP contribution in [0.5, 0.6) is 0 Å². The minimum atomic E-state index is -4.17. The lowest BCUT2D eigenvalue weighted by molar-refractivity contribution is -0.140. The lowest BCUT2D eigenvalue weighted by Crippen LogP contribution is -2.54. The first kappa shape index (κ1) is 33.7. The molecular weight excluding hydrogens is 606 g/mol. The predicted molar refractivity (Wildman–Crippen MR) is 181 cm³/mol. The van der Waals surface area contributed by atoms with Crippen LogP contribution in [-0.4, -0.2) is 43.8 Å². The molecule has 0 spiro atoms. The van der Waals surface area contributed by atoms with Crippen molar-refractivity contribution in [2.24, 2.45) is 0 Å². The Labute approximate surface area is 271 Å². The minimum Gasteiger partial charge on any atom is -0.352 e. The number of para-hydroxylation sites is 1. The fourth-order valence-corrected chi connectivity index (χ4v) is 6.67. The van der Waals surface area contributed by atoms with E-state index < -0.39 is 28.5 Å². The van der Waals surface area contributed by atoms with Crippen LogP contribution in [0, 0.1) is 13.8 Å². The highest BCUT2D eigenvalue weighted by Crippen LogP contribution is 2.28. The maximum atomic E-state index is 14.6. The molecule has 1 N–H and O–H groups in total. The van der Waals surface area contributed by atoms with Gasteiger partial charge in [-0.2, -0.15) is 0 Å². The van der Waals surface area contributed by atoms with Crippen LogP contribution in [0.25, 0.3) is 0 Å². The lowest BCUT2D eigenvalue weighted by atomic mass is 10.0. The molecule has 0 heterocycles. The minimum absolute atomic E-state index is 0.0100. The van der Waals surface area contributed by atoms with E-state index in [1.807, 2.05) is 63.2 Å². The van der Waals surface area contributed by atoms with Crippen molar-refractivity contribution in [2.45, 2.75) is 64.1 Å². The summed E-state index contributed by atoms with van der Waals surface area (Å²) in [5.41, 5.74) is 3.49. The summed E-state index contributed by atoms with van der Waals surface area (Å²) >= 11 is 6.57. The maximum Gasteiger partial charge on any atom is 0.264 e. The van der Waals surface area contributed by atoms with E-state index in [4.69, 9.17) is 11.6 Å². The number of benzene rings is 4. The molecule has 0 aromatic heterocycles. The van der Waals surface area contributed by atoms with Crippen LogP contribution >= 0.6 is 11.6 Å². The van der Waals surface area contributed by atoms with E-state index in [1.165, 1.54) is 4.90 Å². The van der Waals surface area contributed by atoms with E-state index in [-0.39, 0.29) is 29.8 Å². The molecule has 4 rings (SSSR count). The Kier molecular flexibility index (Phi) is 11.4. The topological polar surface area (TPSA) is 86.8 Å². The van der Waals surface area contributed by atoms with Crippen molar-refractivity contribution < 1.29 is 18.0 Å². The fraction of sp³-hybridized carbons (Fsp3) is 0.278. The molecule has 236 valence electrons. The number of anilines is 1. The van der Waals surface area contributed by atoms with Crippen LogP contribution in [0.1, 0.15) is 42.5 Å². The average Bonchev–Trinajstić information content (AvgIpc) is 3.03. The first-order valence-corrected chi connectivity index (χ1v) is 16.8. The predicted octanol–water partition coefficient (Wildman–Crippen LogP) is 6.71. The zero-order chi connectivity index (χ0) is 32.6. The van der Waals surface area contributed by atoms with Crippen molar-refractivity contribution in [1.29, 1.82) is 0 Å². The van der Waals surface area contributed by atoms with Gasteiger partial charge in [0.15, 0.2) is 0 Å². The smallest absolute Gasteiger partial charge is 0.264 e. The standard InChI is InChI=1S/C36H40ClN3O4S/c1-5-28(4)38-36(42)34(23-29-14-7-6-8-15-29)39(24-30-16-10-11-17-32(30)37)35(41)25-40(33-18-12-9-13-27(33)3)45(43,44)31-21-19-26(2)20-22-31/h6-22,28,34H,5,23-25H2,1-4H3,(H,38,42)/t28-,34-/m1/s1. The number of carbonyl (C=O) groups is 2. The Morgan fingerprint density at radius 1 is 0.844 bits per heavy atom. The summed E-state index contributed by atoms with van der Waals surface area (Å²) < 4.78 is 29.5. The number of aryl methyl sites for hydroxylation is 2. The van der Waals surface area contributed by atoms with Crippen LogP contribution < -0.4 is 9.62 Å². The van der Waals surface area contributed by atoms with Crippen LogP contribution in [-0.2, 0) is 32.6 Å². The molecule has 7 nitrogen and oxygen atoms in total. The Morgan fingerprint density at radius 2 is 1.47 bits per heavy atom. The molecule has 0 aliphatic rings. The molecule has 0 bridgehead atoms. The normalized spacial score (nSPS) is 12.6. The van der Waals surface area contributed by atoms with E-state index >= 15 is 0 Å². The Balaban J connectivity index is 1.83. The molecule has 0 aliphatic heterocycles. The van der Waals surface area contributed by atoms with E-state index in [2.05, 4.69) is 5.32 Å². The molecule has 0 saturated heterocycles. The Hall–Kier alpha value is -4.14. The summed E-state index contributed by atoms with van der Waals surface area (Å²) in [5.74, 6) is -0.855. The third-order valence-electron chi connectivity index (χ3n) is 7.84. The van der Waals surface area contributed by atoms with Crippen molar-refractivity contribution in [3.63, 3.8) is 0 Å². The molecular formula is C36H40ClN3O4S. The lowest BCUT2D eigenvalue weighted by Gasteiger charge is -2.34. The maximum absolute atomic E-state index is 14.6. The van der Waals surface area contributed by atoms with Gasteiger partial charge < -0.3 is 10.2 Å². The largest absolute Gasteiger partial charge is 0.352 e. The zero-order valence-corrected chi connectivity index (χ0v) is 27.7. The number of nitrogens with one attached hydrogen (secondary N) is 1. The number of hydrogen-bond donors (Lipinski definition) is 1. The number of halogens is 1. The quantitative estimate of drug-likeness (QED) is 0.175. The highest BCUT2D eigenvalue weighted by Gasteiger charge is 2.35. The van der Waals surface area contributed by atoms with Gasteiger partial charge in [0.05, 0.1) is 10.6 Å². The summed E-state index contributed by atoms with van der Waals surface area (Å²) in [6.45, 7) is 7.05. The monoisotopic (exact) mass is 645 g/mol. The van der Waals surface area contributed by atoms with Gasteiger partial charge in [0.1, 0.15) is 12.6 Å². The van der Waals surface area contributed by atoms with E-state index in [9.17, 15) is 18.0 Å². The second-order valence-electron chi connectivity index (χ2n) is 11.2. The number of amides is 2. The molecule has 0 fully saturated rings. The van der Waals surface area contributed by atoms with Crippen molar-refractivity contribution in [1.82, 2.24) is 10.2 Å². The molecule has 0 unspecified atom stereocenters. The molecule has 4 aromatic rings. The molecule has 0 saturated carbocycles. The third-order valence-corrected chi connectivity index (χ3v) is 9.99. The van der Waals surface area contributed by atoms with Gasteiger partial charge in [-0.1, -0.05) is 103 Å². The molecule has 0 radical (unpaired) electrons. The van der Waals surface area contributed by atoms with E-state index in [0.29, 0.717) is 28.3 Å². The average molecular weight is 646 g/mol. The summed E-state index contributed by atoms with van der Waals surface area (Å²) in [7, 11) is -4.17. The van der Waals surface area contributed by atoms with Gasteiger partial charge in [-0.25, -0.2) is 8.42 Å². The van der Waals surface area contributed by atoms with Crippen molar-refractivity contribution in [3.8, 4) is 0 Å². The van der Waals surface area contributed by atoms with Crippen LogP contribution in [0.15, 0.2) is 108 Å². The molecule has 2 amide bonds. The second-order valence-corrected chi connectivity index (χ2v) is 13.5. The summed E-state index contributed by atoms with van der Waals surface area (Å²) in [4.78, 5) is 30.0. The summed E-state index contributed by atoms with van der Waals surface area (Å²) in [6.07, 6.45) is 0.937. The van der Waals surface area contributed by atoms with Gasteiger partial charge in [0.2, 0.25) is 11.8 Å². The van der Waals surface area contributed by atoms with Gasteiger partial charge >= 0.3 is 0 Å². The van der Waals surface area contributed by atoms with Crippen molar-refractivity contribution >= 4 is 39.1 Å². The highest BCUT2D eigenvalue weighted by atomic mass is 35.5. The SMILES string of the molecule is CC[C@@H](C)NC(=O)[C@@H](Cc1ccccc1)N(Cc1ccccc1Cl)C(=O)CN(c1ccccc1C)S(=O)(=O)c1ccc(C)cc1. The van der Waals surface area contributed by atoms with Crippen LogP contribution in [0.3, 0.4) is 0 Å². The number of nitrogens with zero attached hydrogens (tertiary/aromatic N) is 2. The summed E-state index contributed by atoms with van der Waals surface area (Å²) in [5, 5.41) is 3.49. The zero-order valence-electron chi connectivity index (χ0n) is 26.1. The fourth-order valence-electron chi connectivity index (χ4n) is 5.00. The number of sulfonamides is 1. The van der Waals surface area contributed by atoms with Gasteiger partial charge in [-0.3, -0.25) is 13.9 Å². The highest BCUT2D eigenvalue weighted by molar-refractivity contribution is 7.92. The second kappa shape index (κ2) is 15.2. The van der Waals surface area contributed by atoms with Gasteiger partial charge in [-0.15, -0.1) is 0 Å². The van der Waals surface area contributed by atoms with Crippen LogP contribution in [0.2, 0.25) is 5.02 Å². The van der Waals surface area contributed by atoms with Crippen molar-refractivity contribution in [2.75, 3.05) is 10.8 Å². The Morgan fingerprint density at radius 3 is 2.11 bits per heavy atom. The first-order valence-electron chi connectivity index (χ1n) is 15.0. The molecule has 4 aromatic carbocycles. The van der Waals surface area contributed by atoms with Crippen LogP contribution in [0.4, 0.5) is 5.69 Å².